The van der Waals surface area contributed by atoms with Crippen molar-refractivity contribution >= 4 is 51.2 Å². The van der Waals surface area contributed by atoms with Crippen LogP contribution in [0.4, 0.5) is 0 Å². The van der Waals surface area contributed by atoms with Crippen LogP contribution in [0.1, 0.15) is 27.7 Å². The van der Waals surface area contributed by atoms with E-state index in [4.69, 9.17) is 10.4 Å². The first-order chi connectivity index (χ1) is 9.85. The molecule has 0 aliphatic carbocycles. The van der Waals surface area contributed by atoms with Crippen molar-refractivity contribution in [1.29, 1.82) is 0 Å². The Balaban J connectivity index is -0.000000260. The molecule has 0 aliphatic heterocycles. The van der Waals surface area contributed by atoms with Gasteiger partial charge in [0.1, 0.15) is 37.1 Å². The molecule has 0 atom stereocenters. The van der Waals surface area contributed by atoms with Crippen molar-refractivity contribution in [2.24, 2.45) is 20.6 Å². The number of oxime groups is 4. The molecule has 0 saturated carbocycles. The maximum absolute atomic E-state index is 8.18. The van der Waals surface area contributed by atoms with Gasteiger partial charge in [0.15, 0.2) is 0 Å². The summed E-state index contributed by atoms with van der Waals surface area (Å²) >= 11 is 7.12. The van der Waals surface area contributed by atoms with Gasteiger partial charge in [-0.3, -0.25) is 0 Å². The van der Waals surface area contributed by atoms with E-state index >= 15 is 0 Å². The quantitative estimate of drug-likeness (QED) is 0.366. The van der Waals surface area contributed by atoms with Gasteiger partial charge in [0, 0.05) is 0 Å². The van der Waals surface area contributed by atoms with Gasteiger partial charge >= 0.3 is 39.5 Å². The van der Waals surface area contributed by atoms with Crippen LogP contribution in [-0.2, 0) is 20.8 Å². The van der Waals surface area contributed by atoms with Gasteiger partial charge in [0.05, 0.1) is 0 Å². The van der Waals surface area contributed by atoms with Gasteiger partial charge in [-0.2, -0.15) is 0 Å². The molecule has 21 heavy (non-hydrogen) atoms. The molecule has 0 rings (SSSR count). The van der Waals surface area contributed by atoms with Gasteiger partial charge in [-0.25, -0.2) is 0 Å². The first-order valence-corrected chi connectivity index (χ1v) is 10.4. The molecule has 0 fully saturated rings. The van der Waals surface area contributed by atoms with Crippen molar-refractivity contribution in [3.8, 4) is 0 Å². The second-order valence-electron chi connectivity index (χ2n) is 3.14. The number of rotatable bonds is 4. The van der Waals surface area contributed by atoms with E-state index in [0.717, 1.165) is 11.1 Å². The zero-order chi connectivity index (χ0) is 17.3. The SMILES string of the molecule is CON=C(C)C(C)=NO.CON=C(C)C(C)=NO.[Br][Co][Br]. The van der Waals surface area contributed by atoms with Crippen molar-refractivity contribution in [3.05, 3.63) is 0 Å². The summed E-state index contributed by atoms with van der Waals surface area (Å²) in [5, 5.41) is 29.2. The fourth-order valence-corrected chi connectivity index (χ4v) is 0.551. The predicted molar refractivity (Wildman–Crippen MR) is 87.9 cm³/mol. The third-order valence-corrected chi connectivity index (χ3v) is 1.80. The summed E-state index contributed by atoms with van der Waals surface area (Å²) in [5.74, 6) is 0. The van der Waals surface area contributed by atoms with Crippen molar-refractivity contribution < 1.29 is 31.2 Å². The predicted octanol–water partition coefficient (Wildman–Crippen LogP) is 3.41. The van der Waals surface area contributed by atoms with E-state index in [-0.39, 0.29) is 0 Å². The van der Waals surface area contributed by atoms with Crippen molar-refractivity contribution in [3.63, 3.8) is 0 Å². The van der Waals surface area contributed by atoms with Crippen LogP contribution in [0.15, 0.2) is 20.6 Å². The minimum atomic E-state index is 0.455. The Morgan fingerprint density at radius 2 is 1.00 bits per heavy atom. The number of nitrogens with zero attached hydrogens (tertiary/aromatic N) is 4. The van der Waals surface area contributed by atoms with Gasteiger partial charge in [-0.1, -0.05) is 20.6 Å². The second kappa shape index (κ2) is 19.3. The summed E-state index contributed by atoms with van der Waals surface area (Å²) in [5.41, 5.74) is 2.05. The molecule has 0 heterocycles. The normalized spacial score (nSPS) is 12.8. The van der Waals surface area contributed by atoms with Crippen LogP contribution >= 0.6 is 28.3 Å². The molecule has 0 aromatic heterocycles. The van der Waals surface area contributed by atoms with Gasteiger partial charge in [-0.15, -0.1) is 0 Å². The van der Waals surface area contributed by atoms with Crippen LogP contribution < -0.4 is 0 Å². The Hall–Kier alpha value is -0.654. The summed E-state index contributed by atoms with van der Waals surface area (Å²) in [4.78, 5) is 8.85. The molecule has 127 valence electrons. The summed E-state index contributed by atoms with van der Waals surface area (Å²) in [6.45, 7) is 6.66. The average Bonchev–Trinajstić information content (AvgIpc) is 2.47. The fraction of sp³-hybridized carbons (Fsp3) is 0.600. The minimum absolute atomic E-state index is 0.455. The Morgan fingerprint density at radius 1 is 0.762 bits per heavy atom. The third-order valence-electron chi connectivity index (χ3n) is 1.80. The second-order valence-corrected chi connectivity index (χ2v) is 8.39. The van der Waals surface area contributed by atoms with E-state index in [9.17, 15) is 0 Å². The van der Waals surface area contributed by atoms with Crippen LogP contribution in [0.3, 0.4) is 0 Å². The molecule has 8 nitrogen and oxygen atoms in total. The molecule has 11 heteroatoms. The van der Waals surface area contributed by atoms with Crippen molar-refractivity contribution in [2.45, 2.75) is 27.7 Å². The Kier molecular flexibility index (Phi) is 23.3. The third kappa shape index (κ3) is 19.3. The molecular weight excluding hydrogens is 459 g/mol. The Labute approximate surface area is 144 Å². The molecule has 2 N–H and O–H groups in total. The van der Waals surface area contributed by atoms with Gasteiger partial charge in [0.25, 0.3) is 0 Å². The molecule has 0 unspecified atom stereocenters. The van der Waals surface area contributed by atoms with Crippen molar-refractivity contribution in [1.82, 2.24) is 0 Å². The van der Waals surface area contributed by atoms with E-state index in [1.54, 1.807) is 27.7 Å². The van der Waals surface area contributed by atoms with E-state index in [2.05, 4.69) is 58.6 Å². The number of hydrogen-bond donors (Lipinski definition) is 2. The number of halogens is 2. The summed E-state index contributed by atoms with van der Waals surface area (Å²) in [7, 11) is 2.88. The van der Waals surface area contributed by atoms with Crippen LogP contribution in [0, 0.1) is 0 Å². The monoisotopic (exact) mass is 477 g/mol. The van der Waals surface area contributed by atoms with Crippen LogP contribution in [-0.4, -0.2) is 47.5 Å². The Bertz CT molecular complexity index is 342. The van der Waals surface area contributed by atoms with Crippen LogP contribution in [0.2, 0.25) is 0 Å². The molecule has 0 radical (unpaired) electrons. The standard InChI is InChI=1S/2C5H10N2O2.2BrH.Co/c2*1-4(6-8)5(2)7-9-3;;;/h2*8H,1-3H3;2*1H;/q;;;;+2/p-2. The van der Waals surface area contributed by atoms with E-state index in [1.807, 2.05) is 0 Å². The summed E-state index contributed by atoms with van der Waals surface area (Å²) in [6, 6.07) is 0. The molecule has 0 bridgehead atoms. The molecule has 0 spiro atoms. The van der Waals surface area contributed by atoms with Gasteiger partial charge in [0.2, 0.25) is 0 Å². The summed E-state index contributed by atoms with van der Waals surface area (Å²) in [6.07, 6.45) is 0. The van der Waals surface area contributed by atoms with E-state index < -0.39 is 0 Å². The first kappa shape index (κ1) is 25.3. The van der Waals surface area contributed by atoms with E-state index in [1.165, 1.54) is 14.2 Å². The van der Waals surface area contributed by atoms with Gasteiger partial charge < -0.3 is 20.1 Å². The Morgan fingerprint density at radius 3 is 1.14 bits per heavy atom. The molecular formula is C10H20Br2CoN4O4. The van der Waals surface area contributed by atoms with Crippen molar-refractivity contribution in [2.75, 3.05) is 14.2 Å². The molecule has 0 aliphatic rings. The maximum atomic E-state index is 8.18. The molecule has 0 saturated heterocycles. The number of hydrogen-bond acceptors (Lipinski definition) is 8. The zero-order valence-electron chi connectivity index (χ0n) is 12.6. The van der Waals surface area contributed by atoms with Crippen LogP contribution in [0.5, 0.6) is 0 Å². The average molecular weight is 479 g/mol. The zero-order valence-corrected chi connectivity index (χ0v) is 16.8. The molecule has 0 aromatic carbocycles. The molecule has 0 amide bonds. The van der Waals surface area contributed by atoms with Crippen LogP contribution in [0.25, 0.3) is 0 Å². The topological polar surface area (TPSA) is 108 Å². The first-order valence-electron chi connectivity index (χ1n) is 5.23. The summed E-state index contributed by atoms with van der Waals surface area (Å²) < 4.78 is 0. The fourth-order valence-electron chi connectivity index (χ4n) is 0.551. The molecule has 0 aromatic rings. The van der Waals surface area contributed by atoms with E-state index in [0.29, 0.717) is 22.8 Å². The van der Waals surface area contributed by atoms with Gasteiger partial charge in [-0.05, 0) is 27.7 Å².